The van der Waals surface area contributed by atoms with Gasteiger partial charge in [-0.1, -0.05) is 33.1 Å². The molecule has 0 aromatic rings. The minimum Gasteiger partial charge on any atom is -0.385 e. The van der Waals surface area contributed by atoms with E-state index in [0.29, 0.717) is 25.7 Å². The van der Waals surface area contributed by atoms with Gasteiger partial charge in [-0.2, -0.15) is 0 Å². The van der Waals surface area contributed by atoms with E-state index in [1.807, 2.05) is 0 Å². The first-order valence-corrected chi connectivity index (χ1v) is 8.50. The Balaban J connectivity index is 1.71. The Morgan fingerprint density at radius 2 is 2.00 bits per heavy atom. The van der Waals surface area contributed by atoms with Gasteiger partial charge in [0.25, 0.3) is 0 Å². The predicted octanol–water partition coefficient (Wildman–Crippen LogP) is 1.95. The van der Waals surface area contributed by atoms with Crippen LogP contribution in [-0.4, -0.2) is 64.4 Å². The lowest BCUT2D eigenvalue weighted by atomic mass is 10.0. The fourth-order valence-electron chi connectivity index (χ4n) is 2.82. The fraction of sp³-hybridized carbons (Fsp3) is 1.00. The molecule has 21 heavy (non-hydrogen) atoms. The second kappa shape index (κ2) is 9.80. The molecule has 122 valence electrons. The van der Waals surface area contributed by atoms with Gasteiger partial charge in [0.1, 0.15) is 0 Å². The standard InChI is InChI=1S/C15H30BNO4/c1-3-5-6-14(4-2)12-18-13-15-11-17-7-9-19-16(21-15)20-10-8-17/h14-15H,3-13H2,1-2H3. The van der Waals surface area contributed by atoms with Gasteiger partial charge in [0.15, 0.2) is 0 Å². The summed E-state index contributed by atoms with van der Waals surface area (Å²) in [6.07, 6.45) is 5.04. The Hall–Kier alpha value is -0.135. The van der Waals surface area contributed by atoms with Crippen LogP contribution in [0.25, 0.3) is 0 Å². The lowest BCUT2D eigenvalue weighted by molar-refractivity contribution is -0.0532. The summed E-state index contributed by atoms with van der Waals surface area (Å²) in [5.74, 6) is 0.672. The van der Waals surface area contributed by atoms with Crippen LogP contribution in [0, 0.1) is 5.92 Å². The Morgan fingerprint density at radius 3 is 2.67 bits per heavy atom. The number of unbranched alkanes of at least 4 members (excludes halogenated alkanes) is 1. The minimum absolute atomic E-state index is 0.0410. The van der Waals surface area contributed by atoms with Gasteiger partial charge >= 0.3 is 7.32 Å². The van der Waals surface area contributed by atoms with Crippen molar-refractivity contribution in [1.82, 2.24) is 4.90 Å². The van der Waals surface area contributed by atoms with Crippen LogP contribution in [0.1, 0.15) is 39.5 Å². The average Bonchev–Trinajstić information content (AvgIpc) is 2.42. The highest BCUT2D eigenvalue weighted by molar-refractivity contribution is 6.36. The summed E-state index contributed by atoms with van der Waals surface area (Å²) in [6, 6.07) is 0. The number of nitrogens with zero attached hydrogens (tertiary/aromatic N) is 1. The predicted molar refractivity (Wildman–Crippen MR) is 83.1 cm³/mol. The number of rotatable bonds is 8. The molecule has 3 aliphatic rings. The third kappa shape index (κ3) is 6.24. The molecule has 0 radical (unpaired) electrons. The summed E-state index contributed by atoms with van der Waals surface area (Å²) < 4.78 is 22.9. The van der Waals surface area contributed by atoms with Gasteiger partial charge in [-0.15, -0.1) is 0 Å². The van der Waals surface area contributed by atoms with E-state index in [0.717, 1.165) is 26.2 Å². The highest BCUT2D eigenvalue weighted by Crippen LogP contribution is 2.15. The fourth-order valence-corrected chi connectivity index (χ4v) is 2.82. The minimum atomic E-state index is -0.511. The molecular formula is C15H30BNO4. The number of hydrogen-bond acceptors (Lipinski definition) is 5. The Labute approximate surface area is 129 Å². The molecule has 0 aliphatic carbocycles. The van der Waals surface area contributed by atoms with E-state index in [-0.39, 0.29) is 6.10 Å². The van der Waals surface area contributed by atoms with E-state index in [2.05, 4.69) is 18.7 Å². The average molecular weight is 299 g/mol. The maximum absolute atomic E-state index is 5.92. The highest BCUT2D eigenvalue weighted by atomic mass is 16.7. The van der Waals surface area contributed by atoms with Gasteiger partial charge in [0.2, 0.25) is 0 Å². The van der Waals surface area contributed by atoms with Crippen LogP contribution < -0.4 is 0 Å². The first-order valence-electron chi connectivity index (χ1n) is 8.50. The molecule has 0 N–H and O–H groups in total. The first-order chi connectivity index (χ1) is 10.3. The lowest BCUT2D eigenvalue weighted by Crippen LogP contribution is -2.51. The van der Waals surface area contributed by atoms with Gasteiger partial charge in [-0.25, -0.2) is 0 Å². The smallest absolute Gasteiger partial charge is 0.385 e. The van der Waals surface area contributed by atoms with Crippen molar-refractivity contribution in [3.63, 3.8) is 0 Å². The van der Waals surface area contributed by atoms with E-state index in [4.69, 9.17) is 18.7 Å². The van der Waals surface area contributed by atoms with Crippen molar-refractivity contribution in [2.24, 2.45) is 5.92 Å². The molecule has 3 saturated heterocycles. The lowest BCUT2D eigenvalue weighted by Gasteiger charge is -2.35. The number of hydrogen-bond donors (Lipinski definition) is 0. The summed E-state index contributed by atoms with van der Waals surface area (Å²) in [5.41, 5.74) is 0. The summed E-state index contributed by atoms with van der Waals surface area (Å²) >= 11 is 0. The first kappa shape index (κ1) is 17.2. The van der Waals surface area contributed by atoms with E-state index in [1.54, 1.807) is 0 Å². The van der Waals surface area contributed by atoms with Crippen molar-refractivity contribution in [2.45, 2.75) is 45.6 Å². The molecular weight excluding hydrogens is 269 g/mol. The van der Waals surface area contributed by atoms with Crippen LogP contribution in [0.5, 0.6) is 0 Å². The van der Waals surface area contributed by atoms with Crippen molar-refractivity contribution in [3.05, 3.63) is 0 Å². The second-order valence-corrected chi connectivity index (χ2v) is 6.04. The molecule has 3 rings (SSSR count). The molecule has 0 saturated carbocycles. The molecule has 3 heterocycles. The molecule has 0 aromatic carbocycles. The SMILES string of the molecule is CCCCC(CC)COCC1CN2CCOB(OCC2)O1. The third-order valence-corrected chi connectivity index (χ3v) is 4.29. The normalized spacial score (nSPS) is 28.0. The van der Waals surface area contributed by atoms with Crippen LogP contribution >= 0.6 is 0 Å². The topological polar surface area (TPSA) is 40.2 Å². The maximum Gasteiger partial charge on any atom is 0.639 e. The van der Waals surface area contributed by atoms with Crippen LogP contribution in [0.3, 0.4) is 0 Å². The number of fused-ring (bicyclic) bond motifs is 6. The molecule has 2 atom stereocenters. The third-order valence-electron chi connectivity index (χ3n) is 4.29. The zero-order valence-electron chi connectivity index (χ0n) is 13.6. The summed E-state index contributed by atoms with van der Waals surface area (Å²) in [7, 11) is -0.511. The monoisotopic (exact) mass is 299 g/mol. The molecule has 0 aromatic heterocycles. The summed E-state index contributed by atoms with van der Waals surface area (Å²) in [5, 5.41) is 0. The van der Waals surface area contributed by atoms with E-state index in [9.17, 15) is 0 Å². The highest BCUT2D eigenvalue weighted by Gasteiger charge is 2.32. The molecule has 2 unspecified atom stereocenters. The van der Waals surface area contributed by atoms with Gasteiger partial charge in [-0.3, -0.25) is 4.90 Å². The largest absolute Gasteiger partial charge is 0.639 e. The summed E-state index contributed by atoms with van der Waals surface area (Å²) in [6.45, 7) is 10.1. The Morgan fingerprint density at radius 1 is 1.24 bits per heavy atom. The molecule has 0 spiro atoms. The molecule has 3 aliphatic heterocycles. The van der Waals surface area contributed by atoms with Crippen LogP contribution in [0.15, 0.2) is 0 Å². The molecule has 3 fully saturated rings. The Kier molecular flexibility index (Phi) is 8.03. The van der Waals surface area contributed by atoms with Crippen molar-refractivity contribution in [2.75, 3.05) is 46.1 Å². The second-order valence-electron chi connectivity index (χ2n) is 6.04. The summed E-state index contributed by atoms with van der Waals surface area (Å²) in [4.78, 5) is 2.33. The van der Waals surface area contributed by atoms with E-state index >= 15 is 0 Å². The zero-order valence-corrected chi connectivity index (χ0v) is 13.6. The molecule has 0 amide bonds. The number of ether oxygens (including phenoxy) is 1. The van der Waals surface area contributed by atoms with Gasteiger partial charge in [-0.05, 0) is 12.3 Å². The van der Waals surface area contributed by atoms with Crippen molar-refractivity contribution >= 4 is 7.32 Å². The van der Waals surface area contributed by atoms with E-state index in [1.165, 1.54) is 25.7 Å². The van der Waals surface area contributed by atoms with Gasteiger partial charge in [0, 0.05) is 39.5 Å². The van der Waals surface area contributed by atoms with Crippen LogP contribution in [-0.2, 0) is 18.7 Å². The van der Waals surface area contributed by atoms with Crippen molar-refractivity contribution in [1.29, 1.82) is 0 Å². The zero-order chi connectivity index (χ0) is 14.9. The maximum atomic E-state index is 5.92. The molecule has 2 bridgehead atoms. The van der Waals surface area contributed by atoms with Crippen LogP contribution in [0.2, 0.25) is 0 Å². The van der Waals surface area contributed by atoms with Gasteiger partial charge in [0.05, 0.1) is 12.7 Å². The quantitative estimate of drug-likeness (QED) is 0.641. The van der Waals surface area contributed by atoms with Gasteiger partial charge < -0.3 is 18.7 Å². The molecule has 6 heteroatoms. The molecule has 5 nitrogen and oxygen atoms in total. The van der Waals surface area contributed by atoms with Crippen LogP contribution in [0.4, 0.5) is 0 Å². The van der Waals surface area contributed by atoms with Crippen molar-refractivity contribution < 1.29 is 18.7 Å². The van der Waals surface area contributed by atoms with Crippen molar-refractivity contribution in [3.8, 4) is 0 Å². The Bertz CT molecular complexity index is 258. The van der Waals surface area contributed by atoms with E-state index < -0.39 is 7.32 Å².